The summed E-state index contributed by atoms with van der Waals surface area (Å²) in [4.78, 5) is 25.1. The largest absolute Gasteiger partial charge is 0.422 e. The monoisotopic (exact) mass is 309 g/mol. The number of nitrogens with zero attached hydrogens (tertiary/aromatic N) is 2. The molecule has 23 heavy (non-hydrogen) atoms. The zero-order valence-electron chi connectivity index (χ0n) is 12.7. The van der Waals surface area contributed by atoms with Crippen molar-refractivity contribution >= 4 is 28.5 Å². The Morgan fingerprint density at radius 2 is 1.78 bits per heavy atom. The maximum atomic E-state index is 12.2. The molecule has 2 aromatic carbocycles. The van der Waals surface area contributed by atoms with Gasteiger partial charge in [0.2, 0.25) is 5.91 Å². The number of carbonyl (C=O) groups excluding carboxylic acids is 2. The van der Waals surface area contributed by atoms with Gasteiger partial charge in [0.05, 0.1) is 5.52 Å². The molecule has 3 rings (SSSR count). The Morgan fingerprint density at radius 3 is 2.48 bits per heavy atom. The fraction of sp³-hybridized carbons (Fsp3) is 0.118. The number of amides is 1. The number of hydrogen-bond donors (Lipinski definition) is 1. The van der Waals surface area contributed by atoms with E-state index in [1.54, 1.807) is 37.4 Å². The molecule has 0 aliphatic heterocycles. The van der Waals surface area contributed by atoms with Crippen molar-refractivity contribution in [3.8, 4) is 5.75 Å². The highest BCUT2D eigenvalue weighted by atomic mass is 16.5. The molecule has 1 amide bonds. The smallest absolute Gasteiger partial charge is 0.364 e. The van der Waals surface area contributed by atoms with E-state index in [2.05, 4.69) is 10.2 Å². The van der Waals surface area contributed by atoms with Crippen molar-refractivity contribution in [2.24, 2.45) is 0 Å². The van der Waals surface area contributed by atoms with E-state index >= 15 is 0 Å². The van der Waals surface area contributed by atoms with Gasteiger partial charge in [-0.1, -0.05) is 18.2 Å². The summed E-state index contributed by atoms with van der Waals surface area (Å²) in [5.41, 5.74) is 1.74. The summed E-state index contributed by atoms with van der Waals surface area (Å²) < 4.78 is 5.34. The average Bonchev–Trinajstić information content (AvgIpc) is 2.99. The number of para-hydroxylation sites is 1. The van der Waals surface area contributed by atoms with Crippen molar-refractivity contribution in [3.63, 3.8) is 0 Å². The van der Waals surface area contributed by atoms with Gasteiger partial charge in [-0.3, -0.25) is 9.89 Å². The van der Waals surface area contributed by atoms with E-state index < -0.39 is 5.97 Å². The van der Waals surface area contributed by atoms with E-state index in [0.717, 1.165) is 11.2 Å². The number of H-pyrrole nitrogens is 1. The summed E-state index contributed by atoms with van der Waals surface area (Å²) in [6, 6.07) is 14.1. The first-order valence-corrected chi connectivity index (χ1v) is 7.06. The number of hydrogen-bond acceptors (Lipinski definition) is 4. The van der Waals surface area contributed by atoms with Crippen LogP contribution in [-0.2, 0) is 4.79 Å². The van der Waals surface area contributed by atoms with Crippen LogP contribution in [-0.4, -0.2) is 29.1 Å². The van der Waals surface area contributed by atoms with Crippen molar-refractivity contribution in [1.29, 1.82) is 0 Å². The lowest BCUT2D eigenvalue weighted by molar-refractivity contribution is -0.116. The second-order valence-electron chi connectivity index (χ2n) is 5.08. The number of ether oxygens (including phenoxy) is 1. The molecule has 6 nitrogen and oxygen atoms in total. The molecule has 0 unspecified atom stereocenters. The summed E-state index contributed by atoms with van der Waals surface area (Å²) in [5, 5.41) is 7.52. The molecular weight excluding hydrogens is 294 g/mol. The first kappa shape index (κ1) is 14.8. The molecule has 0 aliphatic carbocycles. The first-order chi connectivity index (χ1) is 11.1. The highest BCUT2D eigenvalue weighted by Crippen LogP contribution is 2.21. The fourth-order valence-electron chi connectivity index (χ4n) is 2.19. The zero-order valence-corrected chi connectivity index (χ0v) is 12.7. The predicted octanol–water partition coefficient (Wildman–Crippen LogP) is 2.76. The third-order valence-corrected chi connectivity index (χ3v) is 3.57. The Balaban J connectivity index is 1.79. The molecular formula is C17H15N3O3. The molecule has 1 N–H and O–H groups in total. The summed E-state index contributed by atoms with van der Waals surface area (Å²) in [6.07, 6.45) is 0. The molecule has 0 atom stereocenters. The van der Waals surface area contributed by atoms with Crippen LogP contribution in [0.1, 0.15) is 17.4 Å². The van der Waals surface area contributed by atoms with E-state index in [9.17, 15) is 9.59 Å². The van der Waals surface area contributed by atoms with Gasteiger partial charge in [0.25, 0.3) is 0 Å². The molecule has 0 radical (unpaired) electrons. The first-order valence-electron chi connectivity index (χ1n) is 7.06. The number of carbonyl (C=O) groups is 2. The van der Waals surface area contributed by atoms with Crippen molar-refractivity contribution in [1.82, 2.24) is 10.2 Å². The Labute approximate surface area is 132 Å². The fourth-order valence-corrected chi connectivity index (χ4v) is 2.19. The van der Waals surface area contributed by atoms with Crippen LogP contribution in [0.2, 0.25) is 0 Å². The average molecular weight is 309 g/mol. The number of aromatic nitrogens is 2. The molecule has 3 aromatic rings. The minimum absolute atomic E-state index is 0.0715. The highest BCUT2D eigenvalue weighted by Gasteiger charge is 2.16. The summed E-state index contributed by atoms with van der Waals surface area (Å²) in [5.74, 6) is -0.212. The van der Waals surface area contributed by atoms with Crippen LogP contribution < -0.4 is 9.64 Å². The number of nitrogens with one attached hydrogen (secondary N) is 1. The van der Waals surface area contributed by atoms with Crippen LogP contribution in [0.15, 0.2) is 48.5 Å². The van der Waals surface area contributed by atoms with Crippen LogP contribution in [0.3, 0.4) is 0 Å². The van der Waals surface area contributed by atoms with Gasteiger partial charge in [-0.15, -0.1) is 0 Å². The zero-order chi connectivity index (χ0) is 16.4. The maximum absolute atomic E-state index is 12.2. The van der Waals surface area contributed by atoms with Gasteiger partial charge in [0.15, 0.2) is 5.69 Å². The molecule has 0 aliphatic rings. The van der Waals surface area contributed by atoms with E-state index in [0.29, 0.717) is 11.1 Å². The van der Waals surface area contributed by atoms with Gasteiger partial charge in [-0.25, -0.2) is 4.79 Å². The lowest BCUT2D eigenvalue weighted by Crippen LogP contribution is -2.22. The van der Waals surface area contributed by atoms with Crippen LogP contribution in [0.4, 0.5) is 5.69 Å². The number of rotatable bonds is 3. The quantitative estimate of drug-likeness (QED) is 0.596. The molecule has 0 bridgehead atoms. The number of aromatic amines is 1. The Bertz CT molecular complexity index is 868. The number of esters is 1. The molecule has 1 heterocycles. The van der Waals surface area contributed by atoms with Crippen LogP contribution >= 0.6 is 0 Å². The van der Waals surface area contributed by atoms with Crippen LogP contribution in [0.25, 0.3) is 10.9 Å². The van der Waals surface area contributed by atoms with Crippen molar-refractivity contribution in [2.45, 2.75) is 6.92 Å². The summed E-state index contributed by atoms with van der Waals surface area (Å²) >= 11 is 0. The van der Waals surface area contributed by atoms with E-state index in [4.69, 9.17) is 4.74 Å². The molecule has 0 saturated heterocycles. The molecule has 116 valence electrons. The number of benzene rings is 2. The van der Waals surface area contributed by atoms with E-state index in [1.807, 2.05) is 18.2 Å². The SMILES string of the molecule is CC(=O)N(C)c1ccc(OC(=O)c2n[nH]c3ccccc23)cc1. The molecule has 0 fully saturated rings. The van der Waals surface area contributed by atoms with E-state index in [1.165, 1.54) is 11.8 Å². The Kier molecular flexibility index (Phi) is 3.80. The minimum atomic E-state index is -0.532. The van der Waals surface area contributed by atoms with Crippen LogP contribution in [0.5, 0.6) is 5.75 Å². The third-order valence-electron chi connectivity index (χ3n) is 3.57. The Hall–Kier alpha value is -3.15. The van der Waals surface area contributed by atoms with E-state index in [-0.39, 0.29) is 11.6 Å². The normalized spacial score (nSPS) is 10.5. The van der Waals surface area contributed by atoms with Gasteiger partial charge in [0, 0.05) is 25.0 Å². The standard InChI is InChI=1S/C17H15N3O3/c1-11(21)20(2)12-7-9-13(10-8-12)23-17(22)16-14-5-3-4-6-15(14)18-19-16/h3-10H,1-2H3,(H,18,19). The van der Waals surface area contributed by atoms with Crippen molar-refractivity contribution in [3.05, 3.63) is 54.2 Å². The van der Waals surface area contributed by atoms with Crippen molar-refractivity contribution in [2.75, 3.05) is 11.9 Å². The highest BCUT2D eigenvalue weighted by molar-refractivity contribution is 6.02. The van der Waals surface area contributed by atoms with Gasteiger partial charge in [-0.2, -0.15) is 5.10 Å². The number of fused-ring (bicyclic) bond motifs is 1. The molecule has 0 saturated carbocycles. The van der Waals surface area contributed by atoms with Gasteiger partial charge in [-0.05, 0) is 30.3 Å². The van der Waals surface area contributed by atoms with Gasteiger partial charge in [0.1, 0.15) is 5.75 Å². The maximum Gasteiger partial charge on any atom is 0.364 e. The summed E-state index contributed by atoms with van der Waals surface area (Å²) in [7, 11) is 1.68. The third kappa shape index (κ3) is 2.91. The Morgan fingerprint density at radius 1 is 1.09 bits per heavy atom. The minimum Gasteiger partial charge on any atom is -0.422 e. The van der Waals surface area contributed by atoms with Gasteiger partial charge < -0.3 is 9.64 Å². The molecule has 6 heteroatoms. The van der Waals surface area contributed by atoms with Crippen molar-refractivity contribution < 1.29 is 14.3 Å². The summed E-state index contributed by atoms with van der Waals surface area (Å²) in [6.45, 7) is 1.48. The lowest BCUT2D eigenvalue weighted by atomic mass is 10.2. The second-order valence-corrected chi connectivity index (χ2v) is 5.08. The lowest BCUT2D eigenvalue weighted by Gasteiger charge is -2.15. The van der Waals surface area contributed by atoms with Gasteiger partial charge >= 0.3 is 5.97 Å². The second kappa shape index (κ2) is 5.92. The topological polar surface area (TPSA) is 75.3 Å². The number of anilines is 1. The predicted molar refractivity (Wildman–Crippen MR) is 86.6 cm³/mol. The van der Waals surface area contributed by atoms with Crippen LogP contribution in [0, 0.1) is 0 Å². The molecule has 0 spiro atoms. The molecule has 1 aromatic heterocycles.